The van der Waals surface area contributed by atoms with Crippen molar-refractivity contribution in [3.8, 4) is 10.6 Å². The fraction of sp³-hybridized carbons (Fsp3) is 0.294. The Hall–Kier alpha value is -3.18. The maximum absolute atomic E-state index is 12.0. The molecular weight excluding hydrogens is 386 g/mol. The molecule has 1 unspecified atom stereocenters. The monoisotopic (exact) mass is 405 g/mol. The molecule has 0 saturated heterocycles. The van der Waals surface area contributed by atoms with Crippen molar-refractivity contribution in [3.05, 3.63) is 28.8 Å². The number of nitrogens with zero attached hydrogens (tertiary/aromatic N) is 3. The molecule has 28 heavy (non-hydrogen) atoms. The molecule has 2 aromatic rings. The van der Waals surface area contributed by atoms with Crippen LogP contribution < -0.4 is 11.1 Å². The summed E-state index contributed by atoms with van der Waals surface area (Å²) in [5.74, 6) is -2.60. The predicted molar refractivity (Wildman–Crippen MR) is 103 cm³/mol. The highest BCUT2D eigenvalue weighted by molar-refractivity contribution is 7.17. The van der Waals surface area contributed by atoms with Crippen LogP contribution in [0.25, 0.3) is 10.6 Å². The number of hydrogen-bond donors (Lipinski definition) is 4. The fourth-order valence-electron chi connectivity index (χ4n) is 2.32. The predicted octanol–water partition coefficient (Wildman–Crippen LogP) is 2.66. The number of benzene rings is 1. The Morgan fingerprint density at radius 1 is 1.32 bits per heavy atom. The summed E-state index contributed by atoms with van der Waals surface area (Å²) in [5, 5.41) is 28.9. The van der Waals surface area contributed by atoms with Gasteiger partial charge in [0.15, 0.2) is 0 Å². The van der Waals surface area contributed by atoms with Crippen molar-refractivity contribution in [3.63, 3.8) is 0 Å². The molecule has 0 saturated carbocycles. The van der Waals surface area contributed by atoms with Crippen molar-refractivity contribution in [1.29, 1.82) is 0 Å². The van der Waals surface area contributed by atoms with Gasteiger partial charge in [-0.3, -0.25) is 9.59 Å². The summed E-state index contributed by atoms with van der Waals surface area (Å²) in [4.78, 5) is 38.4. The highest BCUT2D eigenvalue weighted by Crippen LogP contribution is 2.36. The van der Waals surface area contributed by atoms with E-state index in [1.54, 1.807) is 25.1 Å². The first-order chi connectivity index (χ1) is 13.2. The van der Waals surface area contributed by atoms with Crippen LogP contribution in [0.3, 0.4) is 0 Å². The Kier molecular flexibility index (Phi) is 6.90. The van der Waals surface area contributed by atoms with Gasteiger partial charge >= 0.3 is 11.9 Å². The van der Waals surface area contributed by atoms with Crippen molar-refractivity contribution < 1.29 is 24.6 Å². The molecule has 0 bridgehead atoms. The van der Waals surface area contributed by atoms with Crippen LogP contribution in [-0.4, -0.2) is 46.1 Å². The number of amides is 1. The van der Waals surface area contributed by atoms with Crippen LogP contribution in [0.1, 0.15) is 28.2 Å². The number of nitrogens with one attached hydrogen (secondary N) is 1. The number of aromatic nitrogens is 1. The summed E-state index contributed by atoms with van der Waals surface area (Å²) < 4.78 is 0. The highest BCUT2D eigenvalue weighted by atomic mass is 32.1. The summed E-state index contributed by atoms with van der Waals surface area (Å²) in [5.41, 5.74) is 7.22. The summed E-state index contributed by atoms with van der Waals surface area (Å²) in [7, 11) is 1.48. The van der Waals surface area contributed by atoms with Crippen LogP contribution in [0.4, 0.5) is 11.4 Å². The van der Waals surface area contributed by atoms with Crippen LogP contribution in [-0.2, 0) is 9.59 Å². The second kappa shape index (κ2) is 9.15. The molecule has 2 rings (SSSR count). The van der Waals surface area contributed by atoms with Crippen LogP contribution in [0.2, 0.25) is 0 Å². The quantitative estimate of drug-likeness (QED) is 0.489. The third-order valence-corrected chi connectivity index (χ3v) is 4.89. The maximum Gasteiger partial charge on any atom is 0.347 e. The normalized spacial score (nSPS) is 12.1. The van der Waals surface area contributed by atoms with E-state index in [0.717, 1.165) is 11.3 Å². The van der Waals surface area contributed by atoms with Crippen LogP contribution in [0.15, 0.2) is 28.4 Å². The number of anilines is 1. The second-order valence-corrected chi connectivity index (χ2v) is 6.80. The van der Waals surface area contributed by atoms with Gasteiger partial charge in [0.1, 0.15) is 15.9 Å². The first-order valence-corrected chi connectivity index (χ1v) is 8.97. The molecule has 1 aromatic heterocycles. The largest absolute Gasteiger partial charge is 0.480 e. The lowest BCUT2D eigenvalue weighted by Crippen LogP contribution is -2.31. The first kappa shape index (κ1) is 21.1. The molecule has 0 fully saturated rings. The standard InChI is InChI=1S/C17H19N5O5S/c1-8-14(17(26)27)28-15(20-8)10-4-3-9(7-12(10)22-19-2)21-13(23)6-5-11(18)16(24)25/h3-4,7,11H,5-6,18H2,1-2H3,(H,21,23)(H,24,25)(H,26,27). The molecular formula is C17H19N5O5S. The Morgan fingerprint density at radius 3 is 2.61 bits per heavy atom. The number of thiazole rings is 1. The van der Waals surface area contributed by atoms with Gasteiger partial charge in [-0.25, -0.2) is 9.78 Å². The Bertz CT molecular complexity index is 940. The summed E-state index contributed by atoms with van der Waals surface area (Å²) >= 11 is 1.03. The molecule has 0 aliphatic rings. The smallest absolute Gasteiger partial charge is 0.347 e. The molecule has 0 aliphatic heterocycles. The Morgan fingerprint density at radius 2 is 2.04 bits per heavy atom. The van der Waals surface area contributed by atoms with Gasteiger partial charge in [-0.1, -0.05) is 0 Å². The fourth-order valence-corrected chi connectivity index (χ4v) is 3.26. The molecule has 1 aromatic carbocycles. The number of carboxylic acid groups (broad SMARTS) is 2. The minimum atomic E-state index is -1.16. The van der Waals surface area contributed by atoms with E-state index in [0.29, 0.717) is 27.6 Å². The first-order valence-electron chi connectivity index (χ1n) is 8.16. The minimum Gasteiger partial charge on any atom is -0.480 e. The summed E-state index contributed by atoms with van der Waals surface area (Å²) in [6.07, 6.45) is -0.0371. The zero-order valence-electron chi connectivity index (χ0n) is 15.2. The Balaban J connectivity index is 2.23. The molecule has 11 heteroatoms. The van der Waals surface area contributed by atoms with E-state index in [-0.39, 0.29) is 23.6 Å². The molecule has 1 amide bonds. The minimum absolute atomic E-state index is 0.0110. The number of carbonyl (C=O) groups excluding carboxylic acids is 1. The van der Waals surface area contributed by atoms with Crippen molar-refractivity contribution in [2.45, 2.75) is 25.8 Å². The maximum atomic E-state index is 12.0. The van der Waals surface area contributed by atoms with E-state index < -0.39 is 18.0 Å². The van der Waals surface area contributed by atoms with E-state index in [1.807, 2.05) is 0 Å². The molecule has 1 heterocycles. The molecule has 148 valence electrons. The molecule has 1 atom stereocenters. The summed E-state index contributed by atoms with van der Waals surface area (Å²) in [6, 6.07) is 3.76. The van der Waals surface area contributed by atoms with Crippen LogP contribution in [0.5, 0.6) is 0 Å². The number of carbonyl (C=O) groups is 3. The molecule has 0 spiro atoms. The summed E-state index contributed by atoms with van der Waals surface area (Å²) in [6.45, 7) is 1.61. The molecule has 0 aliphatic carbocycles. The van der Waals surface area contributed by atoms with Crippen molar-refractivity contribution in [1.82, 2.24) is 4.98 Å². The van der Waals surface area contributed by atoms with Crippen LogP contribution >= 0.6 is 11.3 Å². The number of aromatic carboxylic acids is 1. The SMILES string of the molecule is CN=Nc1cc(NC(=O)CCC(N)C(=O)O)ccc1-c1nc(C)c(C(=O)O)s1. The van der Waals surface area contributed by atoms with Crippen molar-refractivity contribution >= 4 is 40.6 Å². The third-order valence-electron chi connectivity index (χ3n) is 3.71. The van der Waals surface area contributed by atoms with E-state index in [2.05, 4.69) is 20.5 Å². The average molecular weight is 405 g/mol. The molecule has 5 N–H and O–H groups in total. The van der Waals surface area contributed by atoms with Gasteiger partial charge in [0, 0.05) is 24.7 Å². The third kappa shape index (κ3) is 5.18. The molecule has 10 nitrogen and oxygen atoms in total. The van der Waals surface area contributed by atoms with E-state index in [9.17, 15) is 19.5 Å². The van der Waals surface area contributed by atoms with Gasteiger partial charge in [0.05, 0.1) is 11.4 Å². The van der Waals surface area contributed by atoms with Gasteiger partial charge in [-0.2, -0.15) is 10.2 Å². The number of hydrogen-bond acceptors (Lipinski definition) is 8. The van der Waals surface area contributed by atoms with E-state index in [1.165, 1.54) is 7.05 Å². The zero-order valence-corrected chi connectivity index (χ0v) is 16.0. The number of aliphatic carboxylic acids is 1. The second-order valence-electron chi connectivity index (χ2n) is 5.80. The number of aryl methyl sites for hydroxylation is 1. The topological polar surface area (TPSA) is 167 Å². The van der Waals surface area contributed by atoms with Crippen molar-refractivity contribution in [2.24, 2.45) is 16.0 Å². The number of carboxylic acids is 2. The number of azo groups is 1. The average Bonchev–Trinajstić information content (AvgIpc) is 3.02. The van der Waals surface area contributed by atoms with E-state index >= 15 is 0 Å². The lowest BCUT2D eigenvalue weighted by molar-refractivity contribution is -0.138. The van der Waals surface area contributed by atoms with Gasteiger partial charge in [-0.05, 0) is 31.5 Å². The number of rotatable bonds is 8. The van der Waals surface area contributed by atoms with Crippen LogP contribution in [0, 0.1) is 6.92 Å². The lowest BCUT2D eigenvalue weighted by atomic mass is 10.1. The van der Waals surface area contributed by atoms with Crippen molar-refractivity contribution in [2.75, 3.05) is 12.4 Å². The van der Waals surface area contributed by atoms with Gasteiger partial charge in [-0.15, -0.1) is 11.3 Å². The zero-order chi connectivity index (χ0) is 20.8. The number of nitrogens with two attached hydrogens (primary N) is 1. The lowest BCUT2D eigenvalue weighted by Gasteiger charge is -2.09. The molecule has 0 radical (unpaired) electrons. The van der Waals surface area contributed by atoms with E-state index in [4.69, 9.17) is 10.8 Å². The van der Waals surface area contributed by atoms with Gasteiger partial charge < -0.3 is 21.3 Å². The van der Waals surface area contributed by atoms with Gasteiger partial charge in [0.2, 0.25) is 5.91 Å². The highest BCUT2D eigenvalue weighted by Gasteiger charge is 2.18. The Labute approximate surface area is 164 Å². The van der Waals surface area contributed by atoms with Gasteiger partial charge in [0.25, 0.3) is 0 Å².